The SMILES string of the molecule is O=C(O)c1cccc(Br)c1N1CC(c2ccccc2)C1. The van der Waals surface area contributed by atoms with Crippen LogP contribution in [0.15, 0.2) is 53.0 Å². The van der Waals surface area contributed by atoms with Crippen LogP contribution in [-0.2, 0) is 0 Å². The van der Waals surface area contributed by atoms with Crippen molar-refractivity contribution < 1.29 is 9.90 Å². The fraction of sp³-hybridized carbons (Fsp3) is 0.188. The molecule has 102 valence electrons. The zero-order valence-corrected chi connectivity index (χ0v) is 12.4. The van der Waals surface area contributed by atoms with E-state index in [9.17, 15) is 9.90 Å². The molecule has 1 aliphatic heterocycles. The lowest BCUT2D eigenvalue weighted by Crippen LogP contribution is -2.45. The van der Waals surface area contributed by atoms with E-state index in [1.165, 1.54) is 5.56 Å². The van der Waals surface area contributed by atoms with Gasteiger partial charge in [-0.15, -0.1) is 0 Å². The number of para-hydroxylation sites is 1. The zero-order valence-electron chi connectivity index (χ0n) is 10.8. The molecule has 0 saturated carbocycles. The standard InChI is InChI=1S/C16H14BrNO2/c17-14-8-4-7-13(16(19)20)15(14)18-9-12(10-18)11-5-2-1-3-6-11/h1-8,12H,9-10H2,(H,19,20). The Morgan fingerprint density at radius 1 is 1.10 bits per heavy atom. The lowest BCUT2D eigenvalue weighted by molar-refractivity contribution is 0.0697. The second-order valence-corrected chi connectivity index (χ2v) is 5.81. The average molecular weight is 332 g/mol. The van der Waals surface area contributed by atoms with Gasteiger partial charge in [-0.25, -0.2) is 4.79 Å². The molecule has 1 N–H and O–H groups in total. The molecule has 1 aliphatic rings. The van der Waals surface area contributed by atoms with Crippen LogP contribution in [0, 0.1) is 0 Å². The summed E-state index contributed by atoms with van der Waals surface area (Å²) in [5.41, 5.74) is 2.45. The molecule has 2 aromatic carbocycles. The van der Waals surface area contributed by atoms with Gasteiger partial charge < -0.3 is 10.0 Å². The van der Waals surface area contributed by atoms with E-state index in [4.69, 9.17) is 0 Å². The van der Waals surface area contributed by atoms with E-state index in [-0.39, 0.29) is 0 Å². The highest BCUT2D eigenvalue weighted by Crippen LogP contribution is 2.38. The number of aromatic carboxylic acids is 1. The van der Waals surface area contributed by atoms with Gasteiger partial charge in [-0.2, -0.15) is 0 Å². The van der Waals surface area contributed by atoms with Gasteiger partial charge in [-0.05, 0) is 33.6 Å². The molecule has 1 fully saturated rings. The van der Waals surface area contributed by atoms with E-state index >= 15 is 0 Å². The number of carbonyl (C=O) groups is 1. The summed E-state index contributed by atoms with van der Waals surface area (Å²) in [6, 6.07) is 15.6. The Hall–Kier alpha value is -1.81. The van der Waals surface area contributed by atoms with Crippen molar-refractivity contribution in [2.45, 2.75) is 5.92 Å². The number of hydrogen-bond acceptors (Lipinski definition) is 2. The minimum atomic E-state index is -0.885. The predicted octanol–water partition coefficient (Wildman–Crippen LogP) is 3.75. The molecule has 3 rings (SSSR count). The Kier molecular flexibility index (Phi) is 3.49. The summed E-state index contributed by atoms with van der Waals surface area (Å²) in [6.45, 7) is 1.71. The Balaban J connectivity index is 1.82. The second kappa shape index (κ2) is 5.29. The summed E-state index contributed by atoms with van der Waals surface area (Å²) >= 11 is 3.46. The monoisotopic (exact) mass is 331 g/mol. The van der Waals surface area contributed by atoms with Gasteiger partial charge in [0.25, 0.3) is 0 Å². The zero-order chi connectivity index (χ0) is 14.1. The summed E-state index contributed by atoms with van der Waals surface area (Å²) in [5.74, 6) is -0.408. The van der Waals surface area contributed by atoms with Crippen molar-refractivity contribution in [2.75, 3.05) is 18.0 Å². The van der Waals surface area contributed by atoms with E-state index in [0.717, 1.165) is 23.2 Å². The normalized spacial score (nSPS) is 14.9. The van der Waals surface area contributed by atoms with Crippen LogP contribution in [0.2, 0.25) is 0 Å². The van der Waals surface area contributed by atoms with E-state index in [0.29, 0.717) is 11.5 Å². The van der Waals surface area contributed by atoms with Crippen molar-refractivity contribution in [3.8, 4) is 0 Å². The lowest BCUT2D eigenvalue weighted by atomic mass is 9.90. The molecule has 4 heteroatoms. The highest BCUT2D eigenvalue weighted by atomic mass is 79.9. The van der Waals surface area contributed by atoms with E-state index < -0.39 is 5.97 Å². The van der Waals surface area contributed by atoms with Crippen LogP contribution in [0.4, 0.5) is 5.69 Å². The highest BCUT2D eigenvalue weighted by Gasteiger charge is 2.31. The maximum Gasteiger partial charge on any atom is 0.337 e. The summed E-state index contributed by atoms with van der Waals surface area (Å²) in [7, 11) is 0. The van der Waals surface area contributed by atoms with E-state index in [1.54, 1.807) is 12.1 Å². The fourth-order valence-electron chi connectivity index (χ4n) is 2.61. The van der Waals surface area contributed by atoms with Crippen molar-refractivity contribution in [1.29, 1.82) is 0 Å². The minimum absolute atomic E-state index is 0.353. The maximum absolute atomic E-state index is 11.3. The van der Waals surface area contributed by atoms with Crippen LogP contribution < -0.4 is 4.90 Å². The van der Waals surface area contributed by atoms with Crippen molar-refractivity contribution in [3.05, 3.63) is 64.1 Å². The third-order valence-electron chi connectivity index (χ3n) is 3.69. The van der Waals surface area contributed by atoms with Crippen LogP contribution in [0.3, 0.4) is 0 Å². The summed E-state index contributed by atoms with van der Waals surface area (Å²) in [4.78, 5) is 13.4. The summed E-state index contributed by atoms with van der Waals surface area (Å²) in [5, 5.41) is 9.29. The lowest BCUT2D eigenvalue weighted by Gasteiger charge is -2.42. The number of anilines is 1. The Labute approximate surface area is 126 Å². The van der Waals surface area contributed by atoms with Gasteiger partial charge in [-0.3, -0.25) is 0 Å². The van der Waals surface area contributed by atoms with Gasteiger partial charge in [0.15, 0.2) is 0 Å². The largest absolute Gasteiger partial charge is 0.478 e. The Morgan fingerprint density at radius 2 is 1.80 bits per heavy atom. The first-order valence-electron chi connectivity index (χ1n) is 6.48. The molecule has 0 bridgehead atoms. The van der Waals surface area contributed by atoms with Gasteiger partial charge in [-0.1, -0.05) is 36.4 Å². The van der Waals surface area contributed by atoms with Crippen LogP contribution in [0.1, 0.15) is 21.8 Å². The molecule has 0 amide bonds. The number of carboxylic acids is 1. The van der Waals surface area contributed by atoms with E-state index in [1.807, 2.05) is 24.3 Å². The van der Waals surface area contributed by atoms with Crippen LogP contribution >= 0.6 is 15.9 Å². The predicted molar refractivity (Wildman–Crippen MR) is 82.5 cm³/mol. The molecular formula is C16H14BrNO2. The third kappa shape index (κ3) is 2.31. The topological polar surface area (TPSA) is 40.5 Å². The maximum atomic E-state index is 11.3. The van der Waals surface area contributed by atoms with Gasteiger partial charge in [0.2, 0.25) is 0 Å². The van der Waals surface area contributed by atoms with Gasteiger partial charge >= 0.3 is 5.97 Å². The van der Waals surface area contributed by atoms with Crippen LogP contribution in [0.5, 0.6) is 0 Å². The van der Waals surface area contributed by atoms with Gasteiger partial charge in [0.1, 0.15) is 0 Å². The quantitative estimate of drug-likeness (QED) is 0.931. The van der Waals surface area contributed by atoms with Gasteiger partial charge in [0.05, 0.1) is 11.3 Å². The molecule has 2 aromatic rings. The summed E-state index contributed by atoms with van der Waals surface area (Å²) < 4.78 is 0.837. The molecule has 0 atom stereocenters. The molecular weight excluding hydrogens is 318 g/mol. The Bertz CT molecular complexity index is 636. The number of carboxylic acid groups (broad SMARTS) is 1. The summed E-state index contributed by atoms with van der Waals surface area (Å²) in [6.07, 6.45) is 0. The van der Waals surface area contributed by atoms with Crippen molar-refractivity contribution in [1.82, 2.24) is 0 Å². The van der Waals surface area contributed by atoms with Crippen molar-refractivity contribution in [3.63, 3.8) is 0 Å². The molecule has 0 unspecified atom stereocenters. The molecule has 0 aliphatic carbocycles. The molecule has 3 nitrogen and oxygen atoms in total. The molecule has 20 heavy (non-hydrogen) atoms. The third-order valence-corrected chi connectivity index (χ3v) is 4.33. The van der Waals surface area contributed by atoms with Crippen LogP contribution in [-0.4, -0.2) is 24.2 Å². The first kappa shape index (κ1) is 13.2. The number of halogens is 1. The molecule has 0 aromatic heterocycles. The molecule has 0 radical (unpaired) electrons. The van der Waals surface area contributed by atoms with E-state index in [2.05, 4.69) is 33.0 Å². The first-order chi connectivity index (χ1) is 9.66. The average Bonchev–Trinajstić information content (AvgIpc) is 2.40. The first-order valence-corrected chi connectivity index (χ1v) is 7.28. The van der Waals surface area contributed by atoms with Gasteiger partial charge in [0, 0.05) is 23.5 Å². The number of nitrogens with zero attached hydrogens (tertiary/aromatic N) is 1. The highest BCUT2D eigenvalue weighted by molar-refractivity contribution is 9.10. The minimum Gasteiger partial charge on any atom is -0.478 e. The number of rotatable bonds is 3. The molecule has 1 heterocycles. The number of benzene rings is 2. The van der Waals surface area contributed by atoms with Crippen molar-refractivity contribution >= 4 is 27.6 Å². The molecule has 0 spiro atoms. The molecule has 1 saturated heterocycles. The fourth-order valence-corrected chi connectivity index (χ4v) is 3.22. The Morgan fingerprint density at radius 3 is 2.45 bits per heavy atom. The second-order valence-electron chi connectivity index (χ2n) is 4.95. The van der Waals surface area contributed by atoms with Crippen molar-refractivity contribution in [2.24, 2.45) is 0 Å². The van der Waals surface area contributed by atoms with Crippen LogP contribution in [0.25, 0.3) is 0 Å². The number of hydrogen-bond donors (Lipinski definition) is 1. The smallest absolute Gasteiger partial charge is 0.337 e.